The van der Waals surface area contributed by atoms with Crippen LogP contribution in [0, 0.1) is 0 Å². The fraction of sp³-hybridized carbons (Fsp3) is 0.312. The van der Waals surface area contributed by atoms with E-state index in [1.54, 1.807) is 35.7 Å². The standard InChI is InChI=1S/C16H20N2O4S2/c1-12(2)22-14-8-6-13(7-9-14)17-15(19)11-18(3)24(20,21)16-5-4-10-23-16/h4-10,12H,11H2,1-3H3,(H,17,19). The molecule has 0 bridgehead atoms. The summed E-state index contributed by atoms with van der Waals surface area (Å²) in [5.41, 5.74) is 0.582. The van der Waals surface area contributed by atoms with Crippen molar-refractivity contribution in [1.29, 1.82) is 0 Å². The number of thiophene rings is 1. The van der Waals surface area contributed by atoms with Gasteiger partial charge in [0.25, 0.3) is 10.0 Å². The monoisotopic (exact) mass is 368 g/mol. The van der Waals surface area contributed by atoms with Crippen LogP contribution in [-0.4, -0.2) is 38.3 Å². The van der Waals surface area contributed by atoms with E-state index in [0.717, 1.165) is 15.6 Å². The van der Waals surface area contributed by atoms with Crippen molar-refractivity contribution in [2.45, 2.75) is 24.2 Å². The van der Waals surface area contributed by atoms with Crippen molar-refractivity contribution < 1.29 is 17.9 Å². The van der Waals surface area contributed by atoms with E-state index in [9.17, 15) is 13.2 Å². The first-order chi connectivity index (χ1) is 11.3. The van der Waals surface area contributed by atoms with Gasteiger partial charge < -0.3 is 10.1 Å². The van der Waals surface area contributed by atoms with E-state index in [1.807, 2.05) is 13.8 Å². The Hall–Kier alpha value is -1.90. The van der Waals surface area contributed by atoms with E-state index in [-0.39, 0.29) is 16.9 Å². The molecule has 0 unspecified atom stereocenters. The van der Waals surface area contributed by atoms with Gasteiger partial charge in [0.05, 0.1) is 12.6 Å². The molecular formula is C16H20N2O4S2. The van der Waals surface area contributed by atoms with Crippen LogP contribution in [0.15, 0.2) is 46.0 Å². The zero-order valence-electron chi connectivity index (χ0n) is 13.7. The Kier molecular flexibility index (Phi) is 5.98. The molecule has 0 aliphatic heterocycles. The van der Waals surface area contributed by atoms with E-state index in [0.29, 0.717) is 11.4 Å². The van der Waals surface area contributed by atoms with Crippen LogP contribution in [0.4, 0.5) is 5.69 Å². The zero-order valence-corrected chi connectivity index (χ0v) is 15.4. The molecule has 2 rings (SSSR count). The first kappa shape index (κ1) is 18.4. The van der Waals surface area contributed by atoms with Gasteiger partial charge in [0.15, 0.2) is 0 Å². The quantitative estimate of drug-likeness (QED) is 0.815. The van der Waals surface area contributed by atoms with Gasteiger partial charge in [0.1, 0.15) is 9.96 Å². The summed E-state index contributed by atoms with van der Waals surface area (Å²) in [6, 6.07) is 10.1. The summed E-state index contributed by atoms with van der Waals surface area (Å²) in [6.45, 7) is 3.60. The molecule has 1 aromatic carbocycles. The van der Waals surface area contributed by atoms with Crippen molar-refractivity contribution >= 4 is 33.0 Å². The lowest BCUT2D eigenvalue weighted by Crippen LogP contribution is -2.34. The highest BCUT2D eigenvalue weighted by Crippen LogP contribution is 2.20. The van der Waals surface area contributed by atoms with E-state index < -0.39 is 15.9 Å². The average Bonchev–Trinajstić information content (AvgIpc) is 3.03. The van der Waals surface area contributed by atoms with Crippen molar-refractivity contribution in [3.63, 3.8) is 0 Å². The number of nitrogens with zero attached hydrogens (tertiary/aromatic N) is 1. The van der Waals surface area contributed by atoms with Crippen LogP contribution in [0.3, 0.4) is 0 Å². The minimum absolute atomic E-state index is 0.0709. The summed E-state index contributed by atoms with van der Waals surface area (Å²) < 4.78 is 31.3. The Morgan fingerprint density at radius 2 is 1.92 bits per heavy atom. The molecule has 8 heteroatoms. The van der Waals surface area contributed by atoms with Crippen molar-refractivity contribution in [3.8, 4) is 5.75 Å². The maximum absolute atomic E-state index is 12.3. The number of nitrogens with one attached hydrogen (secondary N) is 1. The number of benzene rings is 1. The lowest BCUT2D eigenvalue weighted by molar-refractivity contribution is -0.116. The van der Waals surface area contributed by atoms with E-state index in [2.05, 4.69) is 5.32 Å². The number of amides is 1. The molecule has 6 nitrogen and oxygen atoms in total. The molecule has 2 aromatic rings. The SMILES string of the molecule is CC(C)Oc1ccc(NC(=O)CN(C)S(=O)(=O)c2cccs2)cc1. The van der Waals surface area contributed by atoms with E-state index in [1.165, 1.54) is 13.1 Å². The summed E-state index contributed by atoms with van der Waals surface area (Å²) in [5.74, 6) is 0.301. The molecule has 0 fully saturated rings. The normalized spacial score (nSPS) is 11.7. The van der Waals surface area contributed by atoms with Gasteiger partial charge in [0, 0.05) is 12.7 Å². The maximum atomic E-state index is 12.3. The highest BCUT2D eigenvalue weighted by Gasteiger charge is 2.23. The van der Waals surface area contributed by atoms with Crippen LogP contribution in [0.2, 0.25) is 0 Å². The van der Waals surface area contributed by atoms with Gasteiger partial charge in [-0.25, -0.2) is 8.42 Å². The van der Waals surface area contributed by atoms with Gasteiger partial charge in [0.2, 0.25) is 5.91 Å². The summed E-state index contributed by atoms with van der Waals surface area (Å²) in [4.78, 5) is 12.1. The lowest BCUT2D eigenvalue weighted by atomic mass is 10.3. The molecule has 1 aromatic heterocycles. The van der Waals surface area contributed by atoms with E-state index in [4.69, 9.17) is 4.74 Å². The van der Waals surface area contributed by atoms with Gasteiger partial charge in [-0.15, -0.1) is 11.3 Å². The molecule has 0 spiro atoms. The molecular weight excluding hydrogens is 348 g/mol. The van der Waals surface area contributed by atoms with Crippen molar-refractivity contribution in [3.05, 3.63) is 41.8 Å². The minimum atomic E-state index is -3.63. The number of sulfonamides is 1. The smallest absolute Gasteiger partial charge is 0.252 e. The fourth-order valence-corrected chi connectivity index (χ4v) is 4.27. The predicted octanol–water partition coefficient (Wildman–Crippen LogP) is 2.79. The number of rotatable bonds is 7. The summed E-state index contributed by atoms with van der Waals surface area (Å²) >= 11 is 1.12. The van der Waals surface area contributed by atoms with Gasteiger partial charge in [-0.1, -0.05) is 6.07 Å². The Balaban J connectivity index is 1.95. The third-order valence-corrected chi connectivity index (χ3v) is 6.21. The Bertz CT molecular complexity index is 769. The molecule has 1 amide bonds. The third kappa shape index (κ3) is 4.80. The molecule has 0 saturated carbocycles. The predicted molar refractivity (Wildman–Crippen MR) is 95.0 cm³/mol. The molecule has 1 heterocycles. The molecule has 0 aliphatic carbocycles. The Labute approximate surface area is 146 Å². The number of carbonyl (C=O) groups is 1. The van der Waals surface area contributed by atoms with Gasteiger partial charge in [-0.05, 0) is 49.6 Å². The van der Waals surface area contributed by atoms with E-state index >= 15 is 0 Å². The molecule has 130 valence electrons. The highest BCUT2D eigenvalue weighted by atomic mass is 32.2. The number of ether oxygens (including phenoxy) is 1. The van der Waals surface area contributed by atoms with Gasteiger partial charge in [-0.2, -0.15) is 4.31 Å². The maximum Gasteiger partial charge on any atom is 0.252 e. The summed E-state index contributed by atoms with van der Waals surface area (Å²) in [6.07, 6.45) is 0.0709. The van der Waals surface area contributed by atoms with Gasteiger partial charge in [-0.3, -0.25) is 4.79 Å². The number of hydrogen-bond donors (Lipinski definition) is 1. The van der Waals surface area contributed by atoms with Crippen LogP contribution in [0.1, 0.15) is 13.8 Å². The van der Waals surface area contributed by atoms with Crippen LogP contribution in [0.25, 0.3) is 0 Å². The highest BCUT2D eigenvalue weighted by molar-refractivity contribution is 7.91. The molecule has 0 aliphatic rings. The Morgan fingerprint density at radius 1 is 1.25 bits per heavy atom. The van der Waals surface area contributed by atoms with Gasteiger partial charge >= 0.3 is 0 Å². The zero-order chi connectivity index (χ0) is 17.7. The number of carbonyl (C=O) groups excluding carboxylic acids is 1. The van der Waals surface area contributed by atoms with Crippen molar-refractivity contribution in [2.75, 3.05) is 18.9 Å². The first-order valence-corrected chi connectivity index (χ1v) is 9.67. The topological polar surface area (TPSA) is 75.7 Å². The largest absolute Gasteiger partial charge is 0.491 e. The number of anilines is 1. The summed E-state index contributed by atoms with van der Waals surface area (Å²) in [5, 5.41) is 4.36. The average molecular weight is 368 g/mol. The molecule has 1 N–H and O–H groups in total. The molecule has 0 radical (unpaired) electrons. The Morgan fingerprint density at radius 3 is 2.46 bits per heavy atom. The fourth-order valence-electron chi connectivity index (χ4n) is 1.94. The van der Waals surface area contributed by atoms with Crippen LogP contribution < -0.4 is 10.1 Å². The summed E-state index contributed by atoms with van der Waals surface area (Å²) in [7, 11) is -2.25. The number of hydrogen-bond acceptors (Lipinski definition) is 5. The third-order valence-electron chi connectivity index (χ3n) is 3.04. The number of likely N-dealkylation sites (N-methyl/N-ethyl adjacent to an activating group) is 1. The van der Waals surface area contributed by atoms with Crippen LogP contribution >= 0.6 is 11.3 Å². The lowest BCUT2D eigenvalue weighted by Gasteiger charge is -2.16. The van der Waals surface area contributed by atoms with Crippen LogP contribution in [-0.2, 0) is 14.8 Å². The second kappa shape index (κ2) is 7.78. The molecule has 0 atom stereocenters. The first-order valence-electron chi connectivity index (χ1n) is 7.35. The van der Waals surface area contributed by atoms with Crippen molar-refractivity contribution in [1.82, 2.24) is 4.31 Å². The molecule has 0 saturated heterocycles. The second-order valence-electron chi connectivity index (χ2n) is 5.43. The van der Waals surface area contributed by atoms with Crippen molar-refractivity contribution in [2.24, 2.45) is 0 Å². The second-order valence-corrected chi connectivity index (χ2v) is 8.65. The van der Waals surface area contributed by atoms with Crippen LogP contribution in [0.5, 0.6) is 5.75 Å². The minimum Gasteiger partial charge on any atom is -0.491 e. The molecule has 24 heavy (non-hydrogen) atoms.